The maximum absolute atomic E-state index is 12.7. The van der Waals surface area contributed by atoms with E-state index in [1.807, 2.05) is 35.2 Å². The maximum atomic E-state index is 12.7. The maximum Gasteiger partial charge on any atom is 0.233 e. The van der Waals surface area contributed by atoms with E-state index in [9.17, 15) is 4.79 Å². The molecule has 1 aromatic carbocycles. The van der Waals surface area contributed by atoms with Crippen LogP contribution in [0.3, 0.4) is 0 Å². The molecule has 96 valence electrons. The Kier molecular flexibility index (Phi) is 2.86. The molecule has 2 aliphatic rings. The number of likely N-dealkylation sites (tertiary alicyclic amines) is 1. The highest BCUT2D eigenvalue weighted by Gasteiger charge is 2.47. The first-order valence-corrected chi connectivity index (χ1v) is 6.77. The van der Waals surface area contributed by atoms with Gasteiger partial charge in [-0.2, -0.15) is 0 Å². The van der Waals surface area contributed by atoms with E-state index in [-0.39, 0.29) is 5.41 Å². The number of carbonyl (C=O) groups is 1. The molecule has 1 aromatic rings. The molecule has 0 radical (unpaired) electrons. The molecular formula is C15H20N2O. The zero-order chi connectivity index (χ0) is 12.6. The Balaban J connectivity index is 1.81. The van der Waals surface area contributed by atoms with Crippen LogP contribution >= 0.6 is 0 Å². The second kappa shape index (κ2) is 4.39. The summed E-state index contributed by atoms with van der Waals surface area (Å²) in [6.45, 7) is 2.98. The molecule has 2 saturated heterocycles. The molecule has 0 saturated carbocycles. The summed E-state index contributed by atoms with van der Waals surface area (Å²) < 4.78 is 0. The number of piperidine rings is 1. The van der Waals surface area contributed by atoms with Gasteiger partial charge in [0.15, 0.2) is 0 Å². The van der Waals surface area contributed by atoms with E-state index in [1.54, 1.807) is 0 Å². The number of hydrogen-bond acceptors (Lipinski definition) is 2. The number of rotatable bonds is 1. The number of anilines is 1. The summed E-state index contributed by atoms with van der Waals surface area (Å²) >= 11 is 0. The molecule has 0 N–H and O–H groups in total. The van der Waals surface area contributed by atoms with Crippen LogP contribution in [0.1, 0.15) is 19.3 Å². The van der Waals surface area contributed by atoms with Crippen LogP contribution in [0.25, 0.3) is 0 Å². The molecule has 18 heavy (non-hydrogen) atoms. The number of benzene rings is 1. The van der Waals surface area contributed by atoms with Crippen molar-refractivity contribution in [1.29, 1.82) is 0 Å². The molecule has 2 fully saturated rings. The van der Waals surface area contributed by atoms with E-state index in [4.69, 9.17) is 0 Å². The molecule has 0 aliphatic carbocycles. The molecule has 3 heteroatoms. The largest absolute Gasteiger partial charge is 0.312 e. The molecule has 0 bridgehead atoms. The second-order valence-electron chi connectivity index (χ2n) is 5.63. The van der Waals surface area contributed by atoms with Crippen molar-refractivity contribution in [2.45, 2.75) is 19.3 Å². The topological polar surface area (TPSA) is 23.6 Å². The zero-order valence-electron chi connectivity index (χ0n) is 10.9. The number of amides is 1. The normalized spacial score (nSPS) is 23.8. The van der Waals surface area contributed by atoms with E-state index in [1.165, 1.54) is 0 Å². The van der Waals surface area contributed by atoms with Crippen molar-refractivity contribution in [1.82, 2.24) is 4.90 Å². The van der Waals surface area contributed by atoms with Crippen molar-refractivity contribution in [3.8, 4) is 0 Å². The minimum Gasteiger partial charge on any atom is -0.312 e. The van der Waals surface area contributed by atoms with Gasteiger partial charge in [-0.15, -0.1) is 0 Å². The van der Waals surface area contributed by atoms with Crippen LogP contribution in [0, 0.1) is 5.41 Å². The van der Waals surface area contributed by atoms with Crippen LogP contribution in [0.5, 0.6) is 0 Å². The standard InChI is InChI=1S/C15H20N2O/c1-16-10-7-15(8-11-16)9-12-17(14(15)18)13-5-3-2-4-6-13/h2-6H,7-12H2,1H3. The zero-order valence-corrected chi connectivity index (χ0v) is 10.9. The number of hydrogen-bond donors (Lipinski definition) is 0. The van der Waals surface area contributed by atoms with E-state index in [2.05, 4.69) is 11.9 Å². The van der Waals surface area contributed by atoms with Crippen LogP contribution < -0.4 is 4.90 Å². The molecule has 2 heterocycles. The van der Waals surface area contributed by atoms with Crippen LogP contribution in [0.4, 0.5) is 5.69 Å². The smallest absolute Gasteiger partial charge is 0.233 e. The third-order valence-corrected chi connectivity index (χ3v) is 4.52. The Hall–Kier alpha value is -1.35. The summed E-state index contributed by atoms with van der Waals surface area (Å²) in [6, 6.07) is 10.1. The van der Waals surface area contributed by atoms with Gasteiger partial charge < -0.3 is 9.80 Å². The van der Waals surface area contributed by atoms with E-state index >= 15 is 0 Å². The fraction of sp³-hybridized carbons (Fsp3) is 0.533. The van der Waals surface area contributed by atoms with Crippen molar-refractivity contribution in [3.63, 3.8) is 0 Å². The fourth-order valence-corrected chi connectivity index (χ4v) is 3.19. The number of para-hydroxylation sites is 1. The van der Waals surface area contributed by atoms with E-state index in [0.717, 1.165) is 44.6 Å². The van der Waals surface area contributed by atoms with Gasteiger partial charge in [-0.05, 0) is 51.5 Å². The number of nitrogens with zero attached hydrogens (tertiary/aromatic N) is 2. The van der Waals surface area contributed by atoms with Gasteiger partial charge in [-0.1, -0.05) is 18.2 Å². The Morgan fingerprint density at radius 1 is 1.00 bits per heavy atom. The van der Waals surface area contributed by atoms with Gasteiger partial charge in [0.25, 0.3) is 0 Å². The molecule has 3 rings (SSSR count). The Labute approximate surface area is 108 Å². The second-order valence-corrected chi connectivity index (χ2v) is 5.63. The summed E-state index contributed by atoms with van der Waals surface area (Å²) in [4.78, 5) is 17.0. The van der Waals surface area contributed by atoms with Crippen LogP contribution in [-0.4, -0.2) is 37.5 Å². The Morgan fingerprint density at radius 3 is 2.28 bits per heavy atom. The van der Waals surface area contributed by atoms with Crippen LogP contribution in [-0.2, 0) is 4.79 Å². The average molecular weight is 244 g/mol. The summed E-state index contributed by atoms with van der Waals surface area (Å²) in [5, 5.41) is 0. The Morgan fingerprint density at radius 2 is 1.61 bits per heavy atom. The molecule has 1 amide bonds. The third-order valence-electron chi connectivity index (χ3n) is 4.52. The SMILES string of the molecule is CN1CCC2(CC1)CCN(c1ccccc1)C2=O. The molecule has 3 nitrogen and oxygen atoms in total. The van der Waals surface area contributed by atoms with Gasteiger partial charge in [0, 0.05) is 12.2 Å². The quantitative estimate of drug-likeness (QED) is 0.755. The monoisotopic (exact) mass is 244 g/mol. The van der Waals surface area contributed by atoms with Crippen molar-refractivity contribution >= 4 is 11.6 Å². The highest BCUT2D eigenvalue weighted by molar-refractivity contribution is 5.99. The lowest BCUT2D eigenvalue weighted by Crippen LogP contribution is -2.43. The van der Waals surface area contributed by atoms with Crippen molar-refractivity contribution in [2.24, 2.45) is 5.41 Å². The molecule has 1 spiro atoms. The molecule has 0 atom stereocenters. The summed E-state index contributed by atoms with van der Waals surface area (Å²) in [5.74, 6) is 0.349. The van der Waals surface area contributed by atoms with E-state index in [0.29, 0.717) is 5.91 Å². The van der Waals surface area contributed by atoms with Gasteiger partial charge >= 0.3 is 0 Å². The van der Waals surface area contributed by atoms with Gasteiger partial charge in [-0.3, -0.25) is 4.79 Å². The predicted octanol–water partition coefficient (Wildman–Crippen LogP) is 2.14. The van der Waals surface area contributed by atoms with Gasteiger partial charge in [0.05, 0.1) is 5.41 Å². The first-order valence-electron chi connectivity index (χ1n) is 6.77. The summed E-state index contributed by atoms with van der Waals surface area (Å²) in [5.41, 5.74) is 0.987. The van der Waals surface area contributed by atoms with Gasteiger partial charge in [0.2, 0.25) is 5.91 Å². The fourth-order valence-electron chi connectivity index (χ4n) is 3.19. The Bertz CT molecular complexity index is 435. The highest BCUT2D eigenvalue weighted by Crippen LogP contribution is 2.42. The van der Waals surface area contributed by atoms with E-state index < -0.39 is 0 Å². The first-order chi connectivity index (χ1) is 8.71. The van der Waals surface area contributed by atoms with Crippen LogP contribution in [0.15, 0.2) is 30.3 Å². The minimum absolute atomic E-state index is 0.0671. The van der Waals surface area contributed by atoms with Crippen molar-refractivity contribution in [2.75, 3.05) is 31.6 Å². The average Bonchev–Trinajstić information content (AvgIpc) is 2.72. The lowest BCUT2D eigenvalue weighted by Gasteiger charge is -2.36. The first kappa shape index (κ1) is 11.7. The highest BCUT2D eigenvalue weighted by atomic mass is 16.2. The molecule has 0 aromatic heterocycles. The van der Waals surface area contributed by atoms with Crippen molar-refractivity contribution in [3.05, 3.63) is 30.3 Å². The predicted molar refractivity (Wildman–Crippen MR) is 72.6 cm³/mol. The minimum atomic E-state index is -0.0671. The van der Waals surface area contributed by atoms with Gasteiger partial charge in [-0.25, -0.2) is 0 Å². The molecule has 0 unspecified atom stereocenters. The van der Waals surface area contributed by atoms with Crippen molar-refractivity contribution < 1.29 is 4.79 Å². The lowest BCUT2D eigenvalue weighted by molar-refractivity contribution is -0.127. The van der Waals surface area contributed by atoms with Crippen LogP contribution in [0.2, 0.25) is 0 Å². The molecule has 2 aliphatic heterocycles. The number of carbonyl (C=O) groups excluding carboxylic acids is 1. The molecular weight excluding hydrogens is 224 g/mol. The summed E-state index contributed by atoms with van der Waals surface area (Å²) in [7, 11) is 2.14. The van der Waals surface area contributed by atoms with Gasteiger partial charge in [0.1, 0.15) is 0 Å². The summed E-state index contributed by atoms with van der Waals surface area (Å²) in [6.07, 6.45) is 3.06. The third kappa shape index (κ3) is 1.83. The lowest BCUT2D eigenvalue weighted by atomic mass is 9.77.